The van der Waals surface area contributed by atoms with E-state index in [4.69, 9.17) is 29.3 Å². The zero-order valence-electron chi connectivity index (χ0n) is 20.5. The Morgan fingerprint density at radius 1 is 1.05 bits per heavy atom. The number of likely N-dealkylation sites (tertiary alicyclic amines) is 1. The number of carbonyl (C=O) groups is 2. The van der Waals surface area contributed by atoms with E-state index in [2.05, 4.69) is 20.2 Å². The molecule has 0 aliphatic carbocycles. The van der Waals surface area contributed by atoms with Crippen molar-refractivity contribution in [2.24, 2.45) is 5.41 Å². The highest BCUT2D eigenvalue weighted by Crippen LogP contribution is 2.42. The Balaban J connectivity index is 0.000000317. The third-order valence-corrected chi connectivity index (χ3v) is 6.62. The summed E-state index contributed by atoms with van der Waals surface area (Å²) in [7, 11) is 0. The highest BCUT2D eigenvalue weighted by molar-refractivity contribution is 7.09. The van der Waals surface area contributed by atoms with Gasteiger partial charge in [0.2, 0.25) is 0 Å². The standard InChI is InChI=1S/C19H25N3O2S.2C2HF3O2/c1-5-20-6-2-16(1)13-23-14-17-11-19(15-24-17)3-8-22(9-4-19)12-18-21-7-10-25-18;2*3-2(4,5)1(6)7/h1-2,5-7,10,17H,3-4,8-9,11-15H2;2*(H,6,7). The molecule has 0 radical (unpaired) electrons. The number of nitrogens with zero attached hydrogens (tertiary/aromatic N) is 3. The molecular weight excluding hydrogens is 560 g/mol. The van der Waals surface area contributed by atoms with E-state index in [-0.39, 0.29) is 6.10 Å². The molecular formula is C23H27F6N3O6S. The minimum Gasteiger partial charge on any atom is -0.475 e. The number of aliphatic carboxylic acids is 2. The van der Waals surface area contributed by atoms with Crippen LogP contribution in [0.4, 0.5) is 26.3 Å². The van der Waals surface area contributed by atoms with Gasteiger partial charge >= 0.3 is 24.3 Å². The maximum Gasteiger partial charge on any atom is 0.490 e. The molecule has 1 spiro atoms. The Hall–Kier alpha value is -2.82. The predicted octanol–water partition coefficient (Wildman–Crippen LogP) is 4.39. The van der Waals surface area contributed by atoms with Crippen LogP contribution in [0.15, 0.2) is 36.1 Å². The average molecular weight is 588 g/mol. The number of hydrogen-bond acceptors (Lipinski definition) is 8. The smallest absolute Gasteiger partial charge is 0.475 e. The topological polar surface area (TPSA) is 122 Å². The summed E-state index contributed by atoms with van der Waals surface area (Å²) in [6, 6.07) is 3.99. The predicted molar refractivity (Wildman–Crippen MR) is 125 cm³/mol. The van der Waals surface area contributed by atoms with Gasteiger partial charge in [-0.2, -0.15) is 26.3 Å². The molecule has 218 valence electrons. The minimum atomic E-state index is -5.08. The maximum absolute atomic E-state index is 10.6. The molecule has 2 aliphatic heterocycles. The fourth-order valence-electron chi connectivity index (χ4n) is 3.85. The highest BCUT2D eigenvalue weighted by Gasteiger charge is 2.42. The van der Waals surface area contributed by atoms with Crippen molar-refractivity contribution in [3.8, 4) is 0 Å². The van der Waals surface area contributed by atoms with E-state index < -0.39 is 24.3 Å². The Morgan fingerprint density at radius 3 is 2.10 bits per heavy atom. The molecule has 2 aromatic rings. The second-order valence-corrected chi connectivity index (χ2v) is 9.79. The molecule has 9 nitrogen and oxygen atoms in total. The van der Waals surface area contributed by atoms with E-state index in [1.807, 2.05) is 18.3 Å². The normalized spacial score (nSPS) is 19.0. The number of thiazole rings is 1. The van der Waals surface area contributed by atoms with Crippen LogP contribution in [-0.4, -0.2) is 81.8 Å². The molecule has 39 heavy (non-hydrogen) atoms. The minimum absolute atomic E-state index is 0.243. The van der Waals surface area contributed by atoms with E-state index in [1.165, 1.54) is 23.4 Å². The fraction of sp³-hybridized carbons (Fsp3) is 0.565. The van der Waals surface area contributed by atoms with Crippen molar-refractivity contribution < 1.29 is 55.6 Å². The fourth-order valence-corrected chi connectivity index (χ4v) is 4.50. The van der Waals surface area contributed by atoms with Crippen molar-refractivity contribution in [2.75, 3.05) is 26.3 Å². The van der Waals surface area contributed by atoms with Gasteiger partial charge in [0.1, 0.15) is 5.01 Å². The third kappa shape index (κ3) is 11.8. The Bertz CT molecular complexity index is 992. The number of piperidine rings is 1. The number of pyridine rings is 1. The lowest BCUT2D eigenvalue weighted by Crippen LogP contribution is -2.40. The number of rotatable bonds is 6. The van der Waals surface area contributed by atoms with Crippen LogP contribution in [0.2, 0.25) is 0 Å². The highest BCUT2D eigenvalue weighted by atomic mass is 32.1. The van der Waals surface area contributed by atoms with Crippen LogP contribution >= 0.6 is 11.3 Å². The summed E-state index contributed by atoms with van der Waals surface area (Å²) in [5.41, 5.74) is 1.53. The third-order valence-electron chi connectivity index (χ3n) is 5.85. The molecule has 0 aromatic carbocycles. The van der Waals surface area contributed by atoms with Gasteiger partial charge in [-0.05, 0) is 55.5 Å². The summed E-state index contributed by atoms with van der Waals surface area (Å²) in [4.78, 5) is 28.7. The average Bonchev–Trinajstić information content (AvgIpc) is 3.51. The van der Waals surface area contributed by atoms with Gasteiger partial charge in [-0.3, -0.25) is 9.88 Å². The van der Waals surface area contributed by atoms with Gasteiger partial charge in [-0.15, -0.1) is 11.3 Å². The van der Waals surface area contributed by atoms with Gasteiger partial charge < -0.3 is 19.7 Å². The second-order valence-electron chi connectivity index (χ2n) is 8.82. The summed E-state index contributed by atoms with van der Waals surface area (Å²) in [6.45, 7) is 5.50. The van der Waals surface area contributed by atoms with Gasteiger partial charge in [0.25, 0.3) is 0 Å². The first kappa shape index (κ1) is 32.4. The number of carboxylic acid groups (broad SMARTS) is 2. The SMILES string of the molecule is O=C(O)C(F)(F)F.O=C(O)C(F)(F)F.c1cc(COCC2CC3(CCN(Cc4nccs4)CC3)CO2)ccn1. The van der Waals surface area contributed by atoms with Crippen molar-refractivity contribution in [3.05, 3.63) is 46.7 Å². The van der Waals surface area contributed by atoms with Gasteiger partial charge in [0, 0.05) is 24.0 Å². The molecule has 0 amide bonds. The first-order chi connectivity index (χ1) is 18.2. The molecule has 1 unspecified atom stereocenters. The molecule has 1 atom stereocenters. The van der Waals surface area contributed by atoms with Gasteiger partial charge in [0.05, 0.1) is 32.5 Å². The molecule has 4 heterocycles. The molecule has 2 aliphatic rings. The number of hydrogen-bond donors (Lipinski definition) is 2. The summed E-state index contributed by atoms with van der Waals surface area (Å²) in [6.07, 6.45) is -0.842. The Morgan fingerprint density at radius 2 is 1.62 bits per heavy atom. The van der Waals surface area contributed by atoms with Crippen molar-refractivity contribution in [1.82, 2.24) is 14.9 Å². The van der Waals surface area contributed by atoms with E-state index >= 15 is 0 Å². The van der Waals surface area contributed by atoms with Crippen molar-refractivity contribution in [3.63, 3.8) is 0 Å². The molecule has 2 aromatic heterocycles. The van der Waals surface area contributed by atoms with Crippen LogP contribution in [0.5, 0.6) is 0 Å². The lowest BCUT2D eigenvalue weighted by Gasteiger charge is -2.38. The molecule has 2 N–H and O–H groups in total. The van der Waals surface area contributed by atoms with Gasteiger partial charge in [-0.1, -0.05) is 0 Å². The van der Waals surface area contributed by atoms with Crippen LogP contribution in [0.3, 0.4) is 0 Å². The van der Waals surface area contributed by atoms with Crippen LogP contribution in [0, 0.1) is 5.41 Å². The summed E-state index contributed by atoms with van der Waals surface area (Å²) >= 11 is 1.75. The zero-order valence-corrected chi connectivity index (χ0v) is 21.3. The van der Waals surface area contributed by atoms with Crippen LogP contribution < -0.4 is 0 Å². The molecule has 4 rings (SSSR count). The van der Waals surface area contributed by atoms with E-state index in [0.29, 0.717) is 18.6 Å². The molecule has 0 saturated carbocycles. The summed E-state index contributed by atoms with van der Waals surface area (Å²) in [5.74, 6) is -5.51. The number of aromatic nitrogens is 2. The maximum atomic E-state index is 10.6. The number of alkyl halides is 6. The lowest BCUT2D eigenvalue weighted by atomic mass is 9.77. The first-order valence-electron chi connectivity index (χ1n) is 11.5. The van der Waals surface area contributed by atoms with Crippen molar-refractivity contribution >= 4 is 23.3 Å². The van der Waals surface area contributed by atoms with Crippen molar-refractivity contribution in [1.29, 1.82) is 0 Å². The monoisotopic (exact) mass is 587 g/mol. The van der Waals surface area contributed by atoms with Crippen LogP contribution in [0.25, 0.3) is 0 Å². The van der Waals surface area contributed by atoms with E-state index in [0.717, 1.165) is 32.7 Å². The number of carboxylic acids is 2. The van der Waals surface area contributed by atoms with Gasteiger partial charge in [-0.25, -0.2) is 14.6 Å². The number of ether oxygens (including phenoxy) is 2. The largest absolute Gasteiger partial charge is 0.490 e. The quantitative estimate of drug-likeness (QED) is 0.474. The van der Waals surface area contributed by atoms with E-state index in [1.54, 1.807) is 23.7 Å². The number of halogens is 6. The Labute approximate surface area is 223 Å². The summed E-state index contributed by atoms with van der Waals surface area (Å²) in [5, 5.41) is 17.5. The molecule has 2 saturated heterocycles. The lowest BCUT2D eigenvalue weighted by molar-refractivity contribution is -0.193. The molecule has 0 bridgehead atoms. The van der Waals surface area contributed by atoms with Crippen LogP contribution in [-0.2, 0) is 32.2 Å². The molecule has 2 fully saturated rings. The first-order valence-corrected chi connectivity index (χ1v) is 12.4. The van der Waals surface area contributed by atoms with Crippen molar-refractivity contribution in [2.45, 2.75) is 50.9 Å². The molecule has 16 heteroatoms. The van der Waals surface area contributed by atoms with Crippen LogP contribution in [0.1, 0.15) is 29.8 Å². The Kier molecular flexibility index (Phi) is 12.1. The zero-order chi connectivity index (χ0) is 29.1. The second kappa shape index (κ2) is 14.5. The van der Waals surface area contributed by atoms with Gasteiger partial charge in [0.15, 0.2) is 0 Å². The van der Waals surface area contributed by atoms with E-state index in [9.17, 15) is 26.3 Å². The summed E-state index contributed by atoms with van der Waals surface area (Å²) < 4.78 is 75.4.